The molecule has 0 aliphatic carbocycles. The van der Waals surface area contributed by atoms with Crippen LogP contribution in [0.4, 0.5) is 0 Å². The summed E-state index contributed by atoms with van der Waals surface area (Å²) in [5.74, 6) is -0.309. The second kappa shape index (κ2) is 5.17. The average molecular weight is 301 g/mol. The van der Waals surface area contributed by atoms with Gasteiger partial charge in [-0.3, -0.25) is 9.48 Å². The summed E-state index contributed by atoms with van der Waals surface area (Å²) >= 11 is 1.53. The number of carbonyl (C=O) groups is 1. The van der Waals surface area contributed by atoms with Gasteiger partial charge in [-0.1, -0.05) is 23.5 Å². The van der Waals surface area contributed by atoms with E-state index in [-0.39, 0.29) is 5.91 Å². The minimum absolute atomic E-state index is 0.309. The number of rotatable bonds is 2. The van der Waals surface area contributed by atoms with Crippen LogP contribution in [0.1, 0.15) is 16.2 Å². The Morgan fingerprint density at radius 1 is 1.33 bits per heavy atom. The molecule has 0 saturated carbocycles. The summed E-state index contributed by atoms with van der Waals surface area (Å²) in [4.78, 5) is 12.8. The maximum absolute atomic E-state index is 12.0. The summed E-state index contributed by atoms with van der Waals surface area (Å²) in [6.07, 6.45) is 0. The van der Waals surface area contributed by atoms with Crippen LogP contribution >= 0.6 is 11.3 Å². The van der Waals surface area contributed by atoms with Crippen molar-refractivity contribution in [3.05, 3.63) is 46.5 Å². The lowest BCUT2D eigenvalue weighted by molar-refractivity contribution is 0.0947. The zero-order valence-electron chi connectivity index (χ0n) is 12.0. The smallest absolute Gasteiger partial charge is 0.291 e. The molecule has 2 aromatic heterocycles. The van der Waals surface area contributed by atoms with E-state index in [0.717, 1.165) is 20.7 Å². The Kier molecular flexibility index (Phi) is 3.34. The highest BCUT2D eigenvalue weighted by Gasteiger charge is 2.10. The fourth-order valence-electron chi connectivity index (χ4n) is 2.02. The molecule has 3 aromatic rings. The van der Waals surface area contributed by atoms with E-state index in [1.807, 2.05) is 42.8 Å². The van der Waals surface area contributed by atoms with Crippen molar-refractivity contribution in [2.24, 2.45) is 19.2 Å². The fraction of sp³-hybridized carbons (Fsp3) is 0.214. The molecular weight excluding hydrogens is 286 g/mol. The Morgan fingerprint density at radius 3 is 2.76 bits per heavy atom. The van der Waals surface area contributed by atoms with Gasteiger partial charge in [0.15, 0.2) is 5.69 Å². The number of carbonyl (C=O) groups excluding carboxylic acids is 1. The number of aryl methyl sites for hydroxylation is 3. The first-order valence-electron chi connectivity index (χ1n) is 6.45. The van der Waals surface area contributed by atoms with Crippen LogP contribution in [-0.2, 0) is 14.1 Å². The van der Waals surface area contributed by atoms with Gasteiger partial charge < -0.3 is 4.57 Å². The van der Waals surface area contributed by atoms with Gasteiger partial charge >= 0.3 is 0 Å². The first-order valence-corrected chi connectivity index (χ1v) is 7.27. The number of para-hydroxylation sites is 1. The van der Waals surface area contributed by atoms with Crippen molar-refractivity contribution in [1.29, 1.82) is 0 Å². The van der Waals surface area contributed by atoms with Gasteiger partial charge in [0.25, 0.3) is 5.91 Å². The van der Waals surface area contributed by atoms with Crippen molar-refractivity contribution < 1.29 is 4.79 Å². The Bertz CT molecular complexity index is 867. The molecule has 2 heterocycles. The first-order chi connectivity index (χ1) is 10.1. The van der Waals surface area contributed by atoms with Crippen LogP contribution in [0.2, 0.25) is 0 Å². The predicted molar refractivity (Wildman–Crippen MR) is 81.8 cm³/mol. The van der Waals surface area contributed by atoms with Crippen LogP contribution in [-0.4, -0.2) is 20.3 Å². The molecule has 1 amide bonds. The molecule has 0 atom stereocenters. The second-order valence-electron chi connectivity index (χ2n) is 4.76. The SMILES string of the molecule is Cc1cc(C(=O)N/N=c2/sc3ccccc3n2C)nn1C. The van der Waals surface area contributed by atoms with Crippen LogP contribution in [0.3, 0.4) is 0 Å². The molecule has 6 nitrogen and oxygen atoms in total. The molecule has 7 heteroatoms. The van der Waals surface area contributed by atoms with Crippen LogP contribution in [0.25, 0.3) is 10.2 Å². The van der Waals surface area contributed by atoms with Crippen molar-refractivity contribution >= 4 is 27.5 Å². The normalized spacial score (nSPS) is 12.0. The summed E-state index contributed by atoms with van der Waals surface area (Å²) in [6, 6.07) is 9.75. The first kappa shape index (κ1) is 13.6. The Labute approximate surface area is 125 Å². The molecule has 1 aromatic carbocycles. The molecule has 0 aliphatic rings. The number of thiazole rings is 1. The van der Waals surface area contributed by atoms with Crippen LogP contribution in [0, 0.1) is 6.92 Å². The molecule has 0 fully saturated rings. The van der Waals surface area contributed by atoms with Gasteiger partial charge in [0.2, 0.25) is 4.80 Å². The number of amides is 1. The van der Waals surface area contributed by atoms with Gasteiger partial charge in [0.05, 0.1) is 10.2 Å². The van der Waals surface area contributed by atoms with E-state index in [1.165, 1.54) is 11.3 Å². The summed E-state index contributed by atoms with van der Waals surface area (Å²) in [5, 5.41) is 8.32. The molecule has 0 saturated heterocycles. The van der Waals surface area contributed by atoms with E-state index in [2.05, 4.69) is 15.6 Å². The quantitative estimate of drug-likeness (QED) is 0.730. The third-order valence-electron chi connectivity index (χ3n) is 3.31. The number of nitrogens with one attached hydrogen (secondary N) is 1. The number of aromatic nitrogens is 3. The van der Waals surface area contributed by atoms with Gasteiger partial charge in [0, 0.05) is 19.8 Å². The van der Waals surface area contributed by atoms with Crippen LogP contribution in [0.15, 0.2) is 35.4 Å². The van der Waals surface area contributed by atoms with E-state index >= 15 is 0 Å². The van der Waals surface area contributed by atoms with Gasteiger partial charge in [-0.15, -0.1) is 5.10 Å². The monoisotopic (exact) mass is 301 g/mol. The second-order valence-corrected chi connectivity index (χ2v) is 5.77. The highest BCUT2D eigenvalue weighted by atomic mass is 32.1. The van der Waals surface area contributed by atoms with E-state index in [4.69, 9.17) is 0 Å². The summed E-state index contributed by atoms with van der Waals surface area (Å²) in [5.41, 5.74) is 4.93. The van der Waals surface area contributed by atoms with Gasteiger partial charge in [-0.25, -0.2) is 5.43 Å². The number of nitrogens with zero attached hydrogens (tertiary/aromatic N) is 4. The summed E-state index contributed by atoms with van der Waals surface area (Å²) in [6.45, 7) is 1.90. The zero-order valence-corrected chi connectivity index (χ0v) is 12.8. The Balaban J connectivity index is 1.91. The van der Waals surface area contributed by atoms with E-state index < -0.39 is 0 Å². The molecule has 0 bridgehead atoms. The molecule has 1 N–H and O–H groups in total. The topological polar surface area (TPSA) is 64.2 Å². The summed E-state index contributed by atoms with van der Waals surface area (Å²) < 4.78 is 4.74. The lowest BCUT2D eigenvalue weighted by atomic mass is 10.3. The molecule has 0 aliphatic heterocycles. The van der Waals surface area contributed by atoms with Gasteiger partial charge in [-0.2, -0.15) is 5.10 Å². The summed E-state index contributed by atoms with van der Waals surface area (Å²) in [7, 11) is 3.73. The minimum Gasteiger partial charge on any atom is -0.318 e. The third kappa shape index (κ3) is 2.47. The van der Waals surface area contributed by atoms with E-state index in [9.17, 15) is 4.79 Å². The Hall–Kier alpha value is -2.41. The maximum atomic E-state index is 12.0. The van der Waals surface area contributed by atoms with E-state index in [1.54, 1.807) is 17.8 Å². The minimum atomic E-state index is -0.309. The van der Waals surface area contributed by atoms with Crippen molar-refractivity contribution in [2.45, 2.75) is 6.92 Å². The Morgan fingerprint density at radius 2 is 2.10 bits per heavy atom. The molecule has 0 unspecified atom stereocenters. The van der Waals surface area contributed by atoms with Gasteiger partial charge in [0.1, 0.15) is 0 Å². The number of hydrogen-bond donors (Lipinski definition) is 1. The largest absolute Gasteiger partial charge is 0.318 e. The fourth-order valence-corrected chi connectivity index (χ4v) is 3.00. The van der Waals surface area contributed by atoms with Crippen molar-refractivity contribution in [2.75, 3.05) is 0 Å². The van der Waals surface area contributed by atoms with Crippen molar-refractivity contribution in [3.63, 3.8) is 0 Å². The van der Waals surface area contributed by atoms with Crippen LogP contribution < -0.4 is 10.2 Å². The van der Waals surface area contributed by atoms with Crippen molar-refractivity contribution in [1.82, 2.24) is 19.8 Å². The number of hydrogen-bond acceptors (Lipinski definition) is 4. The molecule has 21 heavy (non-hydrogen) atoms. The molecular formula is C14H15N5OS. The van der Waals surface area contributed by atoms with Crippen molar-refractivity contribution in [3.8, 4) is 0 Å². The zero-order chi connectivity index (χ0) is 15.0. The molecule has 0 radical (unpaired) electrons. The lowest BCUT2D eigenvalue weighted by Gasteiger charge is -1.96. The van der Waals surface area contributed by atoms with Crippen LogP contribution in [0.5, 0.6) is 0 Å². The number of benzene rings is 1. The molecule has 108 valence electrons. The number of fused-ring (bicyclic) bond motifs is 1. The molecule has 3 rings (SSSR count). The highest BCUT2D eigenvalue weighted by molar-refractivity contribution is 7.16. The molecule has 0 spiro atoms. The predicted octanol–water partition coefficient (Wildman–Crippen LogP) is 1.53. The standard InChI is InChI=1S/C14H15N5OS/c1-9-8-10(17-19(9)3)13(20)15-16-14-18(2)11-6-4-5-7-12(11)21-14/h4-8H,1-3H3,(H,15,20)/b16-14+. The van der Waals surface area contributed by atoms with Gasteiger partial charge in [-0.05, 0) is 25.1 Å². The average Bonchev–Trinajstić information content (AvgIpc) is 2.98. The lowest BCUT2D eigenvalue weighted by Crippen LogP contribution is -2.23. The third-order valence-corrected chi connectivity index (χ3v) is 4.43. The highest BCUT2D eigenvalue weighted by Crippen LogP contribution is 2.14. The maximum Gasteiger partial charge on any atom is 0.291 e. The van der Waals surface area contributed by atoms with E-state index in [0.29, 0.717) is 5.69 Å².